The van der Waals surface area contributed by atoms with E-state index in [1.807, 2.05) is 13.1 Å². The summed E-state index contributed by atoms with van der Waals surface area (Å²) >= 11 is 0. The molecule has 2 heteroatoms. The number of benzene rings is 1. The van der Waals surface area contributed by atoms with Crippen LogP contribution < -0.4 is 5.32 Å². The Morgan fingerprint density at radius 3 is 2.38 bits per heavy atom. The first-order valence-electron chi connectivity index (χ1n) is 6.17. The van der Waals surface area contributed by atoms with Crippen LogP contribution in [0.25, 0.3) is 0 Å². The van der Waals surface area contributed by atoms with Crippen LogP contribution in [0.2, 0.25) is 0 Å². The Labute approximate surface area is 99.0 Å². The monoisotopic (exact) mass is 221 g/mol. The molecule has 0 bridgehead atoms. The molecule has 0 aliphatic carbocycles. The highest BCUT2D eigenvalue weighted by Crippen LogP contribution is 2.22. The fourth-order valence-corrected chi connectivity index (χ4v) is 2.07. The van der Waals surface area contributed by atoms with Gasteiger partial charge in [-0.3, -0.25) is 0 Å². The van der Waals surface area contributed by atoms with Gasteiger partial charge in [-0.25, -0.2) is 0 Å². The molecule has 2 unspecified atom stereocenters. The van der Waals surface area contributed by atoms with E-state index in [9.17, 15) is 0 Å². The smallest absolute Gasteiger partial charge is 0.0769 e. The summed E-state index contributed by atoms with van der Waals surface area (Å²) in [4.78, 5) is 0. The molecule has 1 N–H and O–H groups in total. The van der Waals surface area contributed by atoms with Crippen molar-refractivity contribution in [3.63, 3.8) is 0 Å². The average molecular weight is 221 g/mol. The fraction of sp³-hybridized carbons (Fsp3) is 0.571. The van der Waals surface area contributed by atoms with Crippen LogP contribution in [0.15, 0.2) is 30.3 Å². The highest BCUT2D eigenvalue weighted by Gasteiger charge is 2.20. The predicted octanol–water partition coefficient (Wildman–Crippen LogP) is 3.15. The van der Waals surface area contributed by atoms with Gasteiger partial charge in [0.1, 0.15) is 0 Å². The number of hydrogen-bond donors (Lipinski definition) is 1. The lowest BCUT2D eigenvalue weighted by atomic mass is 9.98. The van der Waals surface area contributed by atoms with Crippen LogP contribution in [0.3, 0.4) is 0 Å². The highest BCUT2D eigenvalue weighted by molar-refractivity contribution is 5.20. The van der Waals surface area contributed by atoms with Crippen LogP contribution in [0, 0.1) is 0 Å². The summed E-state index contributed by atoms with van der Waals surface area (Å²) in [6.07, 6.45) is 2.51. The Morgan fingerprint density at radius 1 is 1.19 bits per heavy atom. The number of hydrogen-bond acceptors (Lipinski definition) is 2. The maximum absolute atomic E-state index is 5.83. The maximum Gasteiger partial charge on any atom is 0.0769 e. The molecule has 2 nitrogen and oxygen atoms in total. The van der Waals surface area contributed by atoms with E-state index in [2.05, 4.69) is 43.4 Å². The first-order chi connectivity index (χ1) is 7.83. The van der Waals surface area contributed by atoms with E-state index in [1.165, 1.54) is 5.56 Å². The molecule has 1 rings (SSSR count). The highest BCUT2D eigenvalue weighted by atomic mass is 16.5. The van der Waals surface area contributed by atoms with Crippen molar-refractivity contribution in [1.29, 1.82) is 0 Å². The molecular weight excluding hydrogens is 198 g/mol. The molecule has 0 saturated heterocycles. The quantitative estimate of drug-likeness (QED) is 0.763. The van der Waals surface area contributed by atoms with Crippen molar-refractivity contribution in [2.75, 3.05) is 13.7 Å². The normalized spacial score (nSPS) is 14.7. The van der Waals surface area contributed by atoms with E-state index in [4.69, 9.17) is 4.74 Å². The Bertz CT molecular complexity index is 267. The minimum Gasteiger partial charge on any atom is -0.377 e. The Kier molecular flexibility index (Phi) is 6.12. The first kappa shape index (κ1) is 13.2. The van der Waals surface area contributed by atoms with Gasteiger partial charge < -0.3 is 10.1 Å². The molecule has 0 amide bonds. The van der Waals surface area contributed by atoms with E-state index in [1.54, 1.807) is 0 Å². The number of rotatable bonds is 7. The molecular formula is C14H23NO. The predicted molar refractivity (Wildman–Crippen MR) is 68.6 cm³/mol. The third-order valence-corrected chi connectivity index (χ3v) is 2.80. The van der Waals surface area contributed by atoms with Gasteiger partial charge in [0.05, 0.1) is 12.1 Å². The van der Waals surface area contributed by atoms with Crippen LogP contribution in [-0.2, 0) is 4.74 Å². The maximum atomic E-state index is 5.83. The van der Waals surface area contributed by atoms with Crippen molar-refractivity contribution < 1.29 is 4.74 Å². The largest absolute Gasteiger partial charge is 0.377 e. The standard InChI is InChI=1S/C14H23NO/c1-4-9-13(16-5-2)14(15-3)12-10-7-6-8-11-12/h6-8,10-11,13-15H,4-5,9H2,1-3H3. The zero-order valence-corrected chi connectivity index (χ0v) is 10.6. The van der Waals surface area contributed by atoms with Crippen molar-refractivity contribution in [1.82, 2.24) is 5.32 Å². The van der Waals surface area contributed by atoms with E-state index in [0.717, 1.165) is 19.4 Å². The zero-order chi connectivity index (χ0) is 11.8. The van der Waals surface area contributed by atoms with Crippen LogP contribution in [0.5, 0.6) is 0 Å². The van der Waals surface area contributed by atoms with Gasteiger partial charge in [-0.05, 0) is 26.0 Å². The van der Waals surface area contributed by atoms with Crippen molar-refractivity contribution in [3.8, 4) is 0 Å². The molecule has 0 aliphatic rings. The third-order valence-electron chi connectivity index (χ3n) is 2.80. The van der Waals surface area contributed by atoms with Gasteiger partial charge in [-0.15, -0.1) is 0 Å². The number of ether oxygens (including phenoxy) is 1. The molecule has 0 spiro atoms. The Morgan fingerprint density at radius 2 is 1.88 bits per heavy atom. The van der Waals surface area contributed by atoms with E-state index < -0.39 is 0 Å². The van der Waals surface area contributed by atoms with Gasteiger partial charge >= 0.3 is 0 Å². The van der Waals surface area contributed by atoms with Gasteiger partial charge in [0, 0.05) is 6.61 Å². The summed E-state index contributed by atoms with van der Waals surface area (Å²) in [6.45, 7) is 5.03. The zero-order valence-electron chi connectivity index (χ0n) is 10.6. The van der Waals surface area contributed by atoms with E-state index >= 15 is 0 Å². The molecule has 1 aromatic carbocycles. The summed E-state index contributed by atoms with van der Waals surface area (Å²) in [5.41, 5.74) is 1.30. The summed E-state index contributed by atoms with van der Waals surface area (Å²) in [5, 5.41) is 3.36. The minimum absolute atomic E-state index is 0.266. The van der Waals surface area contributed by atoms with Gasteiger partial charge in [0.15, 0.2) is 0 Å². The summed E-state index contributed by atoms with van der Waals surface area (Å²) in [5.74, 6) is 0. The van der Waals surface area contributed by atoms with Crippen LogP contribution >= 0.6 is 0 Å². The first-order valence-corrected chi connectivity index (χ1v) is 6.17. The van der Waals surface area contributed by atoms with E-state index in [0.29, 0.717) is 6.04 Å². The van der Waals surface area contributed by atoms with Crippen molar-refractivity contribution in [3.05, 3.63) is 35.9 Å². The molecule has 0 saturated carbocycles. The van der Waals surface area contributed by atoms with Crippen LogP contribution in [-0.4, -0.2) is 19.8 Å². The molecule has 1 aromatic rings. The minimum atomic E-state index is 0.266. The van der Waals surface area contributed by atoms with E-state index in [-0.39, 0.29) is 6.10 Å². The van der Waals surface area contributed by atoms with Crippen LogP contribution in [0.1, 0.15) is 38.3 Å². The Hall–Kier alpha value is -0.860. The second kappa shape index (κ2) is 7.42. The lowest BCUT2D eigenvalue weighted by Gasteiger charge is -2.27. The lowest BCUT2D eigenvalue weighted by Crippen LogP contribution is -2.31. The van der Waals surface area contributed by atoms with Gasteiger partial charge in [0.25, 0.3) is 0 Å². The van der Waals surface area contributed by atoms with Gasteiger partial charge in [-0.1, -0.05) is 43.7 Å². The third kappa shape index (κ3) is 3.62. The number of nitrogens with one attached hydrogen (secondary N) is 1. The van der Waals surface area contributed by atoms with Gasteiger partial charge in [-0.2, -0.15) is 0 Å². The molecule has 2 atom stereocenters. The summed E-state index contributed by atoms with van der Waals surface area (Å²) in [7, 11) is 2.00. The van der Waals surface area contributed by atoms with Crippen molar-refractivity contribution in [2.24, 2.45) is 0 Å². The molecule has 0 fully saturated rings. The van der Waals surface area contributed by atoms with Gasteiger partial charge in [0.2, 0.25) is 0 Å². The number of likely N-dealkylation sites (N-methyl/N-ethyl adjacent to an activating group) is 1. The molecule has 0 aliphatic heterocycles. The van der Waals surface area contributed by atoms with Crippen LogP contribution in [0.4, 0.5) is 0 Å². The molecule has 0 heterocycles. The molecule has 90 valence electrons. The average Bonchev–Trinajstić information content (AvgIpc) is 2.32. The second-order valence-electron chi connectivity index (χ2n) is 3.96. The lowest BCUT2D eigenvalue weighted by molar-refractivity contribution is 0.0295. The second-order valence-corrected chi connectivity index (χ2v) is 3.96. The molecule has 0 aromatic heterocycles. The topological polar surface area (TPSA) is 21.3 Å². The summed E-state index contributed by atoms with van der Waals surface area (Å²) < 4.78 is 5.83. The Balaban J connectivity index is 2.77. The molecule has 16 heavy (non-hydrogen) atoms. The van der Waals surface area contributed by atoms with Crippen molar-refractivity contribution in [2.45, 2.75) is 38.8 Å². The van der Waals surface area contributed by atoms with Crippen molar-refractivity contribution >= 4 is 0 Å². The SMILES string of the molecule is CCCC(OCC)C(NC)c1ccccc1. The fourth-order valence-electron chi connectivity index (χ4n) is 2.07. The summed E-state index contributed by atoms with van der Waals surface area (Å²) in [6, 6.07) is 10.8. The molecule has 0 radical (unpaired) electrons.